The molecule has 1 atom stereocenters. The highest BCUT2D eigenvalue weighted by Crippen LogP contribution is 2.22. The molecule has 2 N–H and O–H groups in total. The topological polar surface area (TPSA) is 54.8 Å². The quantitative estimate of drug-likeness (QED) is 0.717. The van der Waals surface area contributed by atoms with Crippen LogP contribution in [0.5, 0.6) is 0 Å². The van der Waals surface area contributed by atoms with Gasteiger partial charge < -0.3 is 5.32 Å². The number of aromatic amines is 1. The lowest BCUT2D eigenvalue weighted by molar-refractivity contribution is 0.416. The highest BCUT2D eigenvalue weighted by Gasteiger charge is 2.20. The predicted molar refractivity (Wildman–Crippen MR) is 58.7 cm³/mol. The van der Waals surface area contributed by atoms with Crippen LogP contribution in [0.2, 0.25) is 0 Å². The maximum atomic E-state index is 4.58. The van der Waals surface area contributed by atoms with Crippen molar-refractivity contribution in [2.75, 3.05) is 19.6 Å². The number of rotatable bonds is 1. The van der Waals surface area contributed by atoms with E-state index in [0.29, 0.717) is 0 Å². The number of benzene rings is 1. The molecule has 15 heavy (non-hydrogen) atoms. The largest absolute Gasteiger partial charge is 0.313 e. The number of fused-ring (bicyclic) bond motifs is 1. The van der Waals surface area contributed by atoms with Crippen molar-refractivity contribution in [1.29, 1.82) is 0 Å². The first kappa shape index (κ1) is 8.88. The van der Waals surface area contributed by atoms with Gasteiger partial charge in [0, 0.05) is 25.0 Å². The molecule has 3 rings (SSSR count). The zero-order valence-electron chi connectivity index (χ0n) is 8.40. The lowest BCUT2D eigenvalue weighted by atomic mass is 10.1. The summed E-state index contributed by atoms with van der Waals surface area (Å²) in [7, 11) is 0. The second-order valence-electron chi connectivity index (χ2n) is 3.78. The van der Waals surface area contributed by atoms with Crippen molar-refractivity contribution >= 4 is 10.9 Å². The molecule has 4 nitrogen and oxygen atoms in total. The molecule has 0 aliphatic carbocycles. The van der Waals surface area contributed by atoms with Crippen molar-refractivity contribution in [1.82, 2.24) is 20.8 Å². The summed E-state index contributed by atoms with van der Waals surface area (Å²) in [5, 5.41) is 16.5. The molecule has 0 amide bonds. The van der Waals surface area contributed by atoms with E-state index in [2.05, 4.69) is 26.9 Å². The molecule has 1 aromatic carbocycles. The van der Waals surface area contributed by atoms with Crippen LogP contribution in [0, 0.1) is 0 Å². The molecular weight excluding hydrogens is 188 g/mol. The fraction of sp³-hybridized carbons (Fsp3) is 0.364. The van der Waals surface area contributed by atoms with Crippen molar-refractivity contribution in [2.24, 2.45) is 0 Å². The zero-order chi connectivity index (χ0) is 10.1. The molecule has 1 aliphatic heterocycles. The molecule has 0 saturated carbocycles. The van der Waals surface area contributed by atoms with Crippen molar-refractivity contribution < 1.29 is 0 Å². The first-order valence-electron chi connectivity index (χ1n) is 5.25. The molecule has 1 unspecified atom stereocenters. The first-order valence-corrected chi connectivity index (χ1v) is 5.25. The Labute approximate surface area is 88.1 Å². The summed E-state index contributed by atoms with van der Waals surface area (Å²) in [5.74, 6) is 0. The van der Waals surface area contributed by atoms with Crippen molar-refractivity contribution in [3.8, 4) is 0 Å². The number of H-pyrrole nitrogens is 1. The van der Waals surface area contributed by atoms with E-state index in [1.807, 2.05) is 18.2 Å². The van der Waals surface area contributed by atoms with Gasteiger partial charge in [-0.2, -0.15) is 5.10 Å². The predicted octanol–water partition coefficient (Wildman–Crippen LogP) is 0.812. The molecule has 0 spiro atoms. The Hall–Kier alpha value is -1.39. The van der Waals surface area contributed by atoms with Gasteiger partial charge in [-0.15, -0.1) is 0 Å². The van der Waals surface area contributed by atoms with Crippen LogP contribution in [0.1, 0.15) is 11.7 Å². The van der Waals surface area contributed by atoms with Crippen molar-refractivity contribution in [2.45, 2.75) is 6.04 Å². The average Bonchev–Trinajstić information content (AvgIpc) is 2.74. The summed E-state index contributed by atoms with van der Waals surface area (Å²) < 4.78 is 0. The molecule has 2 aromatic rings. The van der Waals surface area contributed by atoms with E-state index in [4.69, 9.17) is 0 Å². The third-order valence-electron chi connectivity index (χ3n) is 2.79. The Morgan fingerprint density at radius 3 is 3.07 bits per heavy atom. The van der Waals surface area contributed by atoms with Gasteiger partial charge in [0.15, 0.2) is 0 Å². The second-order valence-corrected chi connectivity index (χ2v) is 3.78. The van der Waals surface area contributed by atoms with Crippen LogP contribution < -0.4 is 10.6 Å². The zero-order valence-corrected chi connectivity index (χ0v) is 8.40. The SMILES string of the molecule is c1ccc2c(C3CNCC[N]3)n[nH]c2c1. The number of hydrogen-bond acceptors (Lipinski definition) is 2. The van der Waals surface area contributed by atoms with Crippen molar-refractivity contribution in [3.05, 3.63) is 30.0 Å². The van der Waals surface area contributed by atoms with Crippen LogP contribution in [-0.2, 0) is 0 Å². The Bertz CT molecular complexity index is 456. The Morgan fingerprint density at radius 2 is 2.20 bits per heavy atom. The summed E-state index contributed by atoms with van der Waals surface area (Å²) in [6, 6.07) is 8.40. The average molecular weight is 201 g/mol. The summed E-state index contributed by atoms with van der Waals surface area (Å²) >= 11 is 0. The number of piperazine rings is 1. The molecule has 4 heteroatoms. The van der Waals surface area contributed by atoms with Gasteiger partial charge in [-0.3, -0.25) is 5.10 Å². The minimum atomic E-state index is 0.204. The van der Waals surface area contributed by atoms with Gasteiger partial charge in [-0.25, -0.2) is 5.32 Å². The summed E-state index contributed by atoms with van der Waals surface area (Å²) in [6.07, 6.45) is 0. The molecule has 77 valence electrons. The van der Waals surface area contributed by atoms with Gasteiger partial charge in [0.05, 0.1) is 17.3 Å². The van der Waals surface area contributed by atoms with Crippen LogP contribution in [0.25, 0.3) is 10.9 Å². The third-order valence-corrected chi connectivity index (χ3v) is 2.79. The monoisotopic (exact) mass is 201 g/mol. The van der Waals surface area contributed by atoms with Crippen LogP contribution in [0.3, 0.4) is 0 Å². The van der Waals surface area contributed by atoms with Gasteiger partial charge >= 0.3 is 0 Å². The standard InChI is InChI=1S/C11H13N4/c1-2-4-9-8(3-1)11(15-14-9)10-7-12-5-6-13-10/h1-4,10,12H,5-7H2,(H,14,15). The molecule has 1 fully saturated rings. The summed E-state index contributed by atoms with van der Waals surface area (Å²) in [4.78, 5) is 0. The Morgan fingerprint density at radius 1 is 1.27 bits per heavy atom. The minimum Gasteiger partial charge on any atom is -0.313 e. The number of hydrogen-bond donors (Lipinski definition) is 2. The van der Waals surface area contributed by atoms with E-state index in [0.717, 1.165) is 30.8 Å². The second kappa shape index (κ2) is 3.64. The third kappa shape index (κ3) is 1.52. The first-order chi connectivity index (χ1) is 7.45. The minimum absolute atomic E-state index is 0.204. The van der Waals surface area contributed by atoms with Crippen LogP contribution in [0.4, 0.5) is 0 Å². The Balaban J connectivity index is 2.02. The fourth-order valence-electron chi connectivity index (χ4n) is 2.02. The fourth-order valence-corrected chi connectivity index (χ4v) is 2.02. The molecule has 1 saturated heterocycles. The van der Waals surface area contributed by atoms with Gasteiger partial charge in [0.1, 0.15) is 0 Å². The van der Waals surface area contributed by atoms with Gasteiger partial charge in [-0.05, 0) is 6.07 Å². The number of para-hydroxylation sites is 1. The van der Waals surface area contributed by atoms with Gasteiger partial charge in [0.2, 0.25) is 0 Å². The van der Waals surface area contributed by atoms with E-state index in [-0.39, 0.29) is 6.04 Å². The number of nitrogens with zero attached hydrogens (tertiary/aromatic N) is 2. The molecule has 0 bridgehead atoms. The molecular formula is C11H13N4. The maximum absolute atomic E-state index is 4.58. The number of aromatic nitrogens is 2. The number of nitrogens with one attached hydrogen (secondary N) is 2. The lowest BCUT2D eigenvalue weighted by Gasteiger charge is -2.21. The summed E-state index contributed by atoms with van der Waals surface area (Å²) in [6.45, 7) is 2.76. The smallest absolute Gasteiger partial charge is 0.0899 e. The molecule has 2 heterocycles. The molecule has 1 aliphatic rings. The van der Waals surface area contributed by atoms with E-state index in [1.165, 1.54) is 5.39 Å². The van der Waals surface area contributed by atoms with Crippen LogP contribution in [-0.4, -0.2) is 29.8 Å². The lowest BCUT2D eigenvalue weighted by Crippen LogP contribution is -2.38. The maximum Gasteiger partial charge on any atom is 0.0899 e. The van der Waals surface area contributed by atoms with Gasteiger partial charge in [0.25, 0.3) is 0 Å². The Kier molecular flexibility index (Phi) is 2.16. The highest BCUT2D eigenvalue weighted by atomic mass is 15.2. The molecule has 1 aromatic heterocycles. The molecule has 1 radical (unpaired) electrons. The normalized spacial score (nSPS) is 22.0. The van der Waals surface area contributed by atoms with Crippen LogP contribution in [0.15, 0.2) is 24.3 Å². The van der Waals surface area contributed by atoms with E-state index in [1.54, 1.807) is 0 Å². The van der Waals surface area contributed by atoms with E-state index >= 15 is 0 Å². The summed E-state index contributed by atoms with van der Waals surface area (Å²) in [5.41, 5.74) is 2.16. The van der Waals surface area contributed by atoms with E-state index < -0.39 is 0 Å². The van der Waals surface area contributed by atoms with Gasteiger partial charge in [-0.1, -0.05) is 18.2 Å². The highest BCUT2D eigenvalue weighted by molar-refractivity contribution is 5.81. The van der Waals surface area contributed by atoms with Crippen molar-refractivity contribution in [3.63, 3.8) is 0 Å². The van der Waals surface area contributed by atoms with Crippen LogP contribution >= 0.6 is 0 Å². The van der Waals surface area contributed by atoms with E-state index in [9.17, 15) is 0 Å².